The topological polar surface area (TPSA) is 148 Å². The summed E-state index contributed by atoms with van der Waals surface area (Å²) in [7, 11) is 0. The van der Waals surface area contributed by atoms with E-state index in [2.05, 4.69) is 0 Å². The number of rotatable bonds is 7. The molecule has 1 saturated heterocycles. The van der Waals surface area contributed by atoms with Gasteiger partial charge in [-0.3, -0.25) is 29.4 Å². The van der Waals surface area contributed by atoms with Gasteiger partial charge in [0.25, 0.3) is 16.8 Å². The normalized spacial score (nSPS) is 14.5. The lowest BCUT2D eigenvalue weighted by Gasteiger charge is -2.11. The fraction of sp³-hybridized carbons (Fsp3) is 0.0833. The number of aromatic carboxylic acids is 1. The number of nitro benzene ring substituents is 1. The number of non-ortho nitro benzene ring substituents is 1. The van der Waals surface area contributed by atoms with Crippen LogP contribution in [0.3, 0.4) is 0 Å². The number of benzene rings is 2. The second kappa shape index (κ2) is 9.39. The maximum absolute atomic E-state index is 12.7. The minimum atomic E-state index is -1.07. The Balaban J connectivity index is 1.51. The first kappa shape index (κ1) is 23.6. The van der Waals surface area contributed by atoms with Gasteiger partial charge < -0.3 is 9.52 Å². The third kappa shape index (κ3) is 4.89. The number of thioether (sulfide) groups is 1. The van der Waals surface area contributed by atoms with Crippen LogP contribution in [0.2, 0.25) is 0 Å². The van der Waals surface area contributed by atoms with Crippen LogP contribution in [0.1, 0.15) is 32.0 Å². The number of amides is 2. The minimum Gasteiger partial charge on any atom is -0.478 e. The van der Waals surface area contributed by atoms with Gasteiger partial charge in [-0.25, -0.2) is 4.79 Å². The number of carbonyl (C=O) groups excluding carboxylic acids is 3. The van der Waals surface area contributed by atoms with Crippen molar-refractivity contribution in [2.45, 2.75) is 6.92 Å². The first-order chi connectivity index (χ1) is 16.6. The molecule has 11 heteroatoms. The first-order valence-corrected chi connectivity index (χ1v) is 10.9. The molecular formula is C24H16N2O8S. The highest BCUT2D eigenvalue weighted by atomic mass is 32.2. The fourth-order valence-electron chi connectivity index (χ4n) is 3.37. The Kier molecular flexibility index (Phi) is 6.34. The van der Waals surface area contributed by atoms with Crippen LogP contribution in [0.4, 0.5) is 10.5 Å². The molecule has 176 valence electrons. The molecule has 0 atom stereocenters. The summed E-state index contributed by atoms with van der Waals surface area (Å²) < 4.78 is 5.76. The van der Waals surface area contributed by atoms with Crippen molar-refractivity contribution < 1.29 is 33.6 Å². The zero-order valence-electron chi connectivity index (χ0n) is 18.1. The maximum Gasteiger partial charge on any atom is 0.335 e. The van der Waals surface area contributed by atoms with Gasteiger partial charge in [-0.2, -0.15) is 0 Å². The van der Waals surface area contributed by atoms with E-state index in [1.165, 1.54) is 42.5 Å². The summed E-state index contributed by atoms with van der Waals surface area (Å²) in [6, 6.07) is 12.7. The number of ketones is 1. The van der Waals surface area contributed by atoms with Gasteiger partial charge in [-0.05, 0) is 60.6 Å². The van der Waals surface area contributed by atoms with E-state index in [0.717, 1.165) is 10.5 Å². The highest BCUT2D eigenvalue weighted by Crippen LogP contribution is 2.34. The molecule has 1 aliphatic heterocycles. The van der Waals surface area contributed by atoms with Crippen molar-refractivity contribution in [3.05, 3.63) is 92.1 Å². The fourth-order valence-corrected chi connectivity index (χ4v) is 4.18. The van der Waals surface area contributed by atoms with Gasteiger partial charge in [-0.1, -0.05) is 6.07 Å². The van der Waals surface area contributed by atoms with E-state index in [-0.39, 0.29) is 27.5 Å². The van der Waals surface area contributed by atoms with E-state index in [1.807, 2.05) is 0 Å². The van der Waals surface area contributed by atoms with Gasteiger partial charge in [-0.15, -0.1) is 0 Å². The number of furan rings is 1. The van der Waals surface area contributed by atoms with Crippen molar-refractivity contribution in [1.82, 2.24) is 4.90 Å². The number of aryl methyl sites for hydroxylation is 1. The lowest BCUT2D eigenvalue weighted by Crippen LogP contribution is -2.33. The largest absolute Gasteiger partial charge is 0.478 e. The van der Waals surface area contributed by atoms with Crippen LogP contribution >= 0.6 is 11.8 Å². The maximum atomic E-state index is 12.7. The number of carbonyl (C=O) groups is 4. The molecule has 0 saturated carbocycles. The van der Waals surface area contributed by atoms with E-state index in [9.17, 15) is 34.4 Å². The lowest BCUT2D eigenvalue weighted by molar-refractivity contribution is -0.384. The van der Waals surface area contributed by atoms with Gasteiger partial charge in [0.15, 0.2) is 5.78 Å². The van der Waals surface area contributed by atoms with Crippen LogP contribution in [0.15, 0.2) is 63.9 Å². The van der Waals surface area contributed by atoms with Gasteiger partial charge in [0, 0.05) is 29.3 Å². The number of hydrogen-bond acceptors (Lipinski definition) is 8. The number of nitrogens with zero attached hydrogens (tertiary/aromatic N) is 2. The van der Waals surface area contributed by atoms with Crippen LogP contribution in [-0.4, -0.2) is 44.4 Å². The van der Waals surface area contributed by atoms with E-state index in [4.69, 9.17) is 4.42 Å². The van der Waals surface area contributed by atoms with Gasteiger partial charge in [0.2, 0.25) is 0 Å². The van der Waals surface area contributed by atoms with Gasteiger partial charge in [0.1, 0.15) is 11.5 Å². The lowest BCUT2D eigenvalue weighted by atomic mass is 10.0. The monoisotopic (exact) mass is 492 g/mol. The van der Waals surface area contributed by atoms with E-state index < -0.39 is 34.4 Å². The van der Waals surface area contributed by atoms with E-state index in [0.29, 0.717) is 23.1 Å². The SMILES string of the molecule is Cc1ccc(C(=O)O)cc1-c1ccc(/C=C2\SC(=O)N(CC(=O)c3ccc([N+](=O)[O-])cc3)C2=O)o1. The number of carboxylic acids is 1. The Morgan fingerprint density at radius 1 is 1.09 bits per heavy atom. The van der Waals surface area contributed by atoms with Crippen LogP contribution < -0.4 is 0 Å². The Morgan fingerprint density at radius 3 is 2.43 bits per heavy atom. The Hall–Kier alpha value is -4.51. The van der Waals surface area contributed by atoms with Crippen LogP contribution in [0.5, 0.6) is 0 Å². The molecule has 2 heterocycles. The predicted molar refractivity (Wildman–Crippen MR) is 126 cm³/mol. The Labute approximate surface area is 202 Å². The molecule has 35 heavy (non-hydrogen) atoms. The first-order valence-electron chi connectivity index (χ1n) is 10.1. The highest BCUT2D eigenvalue weighted by Gasteiger charge is 2.36. The number of Topliss-reactive ketones (excluding diaryl/α,β-unsaturated/α-hetero) is 1. The quantitative estimate of drug-likeness (QED) is 0.213. The molecule has 0 unspecified atom stereocenters. The second-order valence-electron chi connectivity index (χ2n) is 7.53. The molecular weight excluding hydrogens is 476 g/mol. The molecule has 0 aliphatic carbocycles. The average Bonchev–Trinajstić information content (AvgIpc) is 3.39. The van der Waals surface area contributed by atoms with E-state index >= 15 is 0 Å². The zero-order chi connectivity index (χ0) is 25.3. The number of nitro groups is 1. The standard InChI is InChI=1S/C24H16N2O8S/c1-13-2-3-15(23(29)30)10-18(13)20-9-8-17(34-20)11-21-22(28)25(24(31)35-21)12-19(27)14-4-6-16(7-5-14)26(32)33/h2-11H,12H2,1H3,(H,29,30)/b21-11-. The van der Waals surface area contributed by atoms with Crippen molar-refractivity contribution in [3.8, 4) is 11.3 Å². The van der Waals surface area contributed by atoms with Crippen molar-refractivity contribution in [2.24, 2.45) is 0 Å². The summed E-state index contributed by atoms with van der Waals surface area (Å²) in [6.07, 6.45) is 1.38. The minimum absolute atomic E-state index is 0.0587. The van der Waals surface area contributed by atoms with Crippen LogP contribution in [0.25, 0.3) is 17.4 Å². The zero-order valence-corrected chi connectivity index (χ0v) is 18.9. The van der Waals surface area contributed by atoms with Crippen molar-refractivity contribution in [3.63, 3.8) is 0 Å². The third-order valence-electron chi connectivity index (χ3n) is 5.23. The molecule has 1 N–H and O–H groups in total. The molecule has 10 nitrogen and oxygen atoms in total. The third-order valence-corrected chi connectivity index (χ3v) is 6.13. The summed E-state index contributed by atoms with van der Waals surface area (Å²) in [4.78, 5) is 59.9. The summed E-state index contributed by atoms with van der Waals surface area (Å²) >= 11 is 0.654. The molecule has 1 aromatic heterocycles. The number of hydrogen-bond donors (Lipinski definition) is 1. The summed E-state index contributed by atoms with van der Waals surface area (Å²) in [5.74, 6) is -1.62. The van der Waals surface area contributed by atoms with E-state index in [1.54, 1.807) is 25.1 Å². The molecule has 2 aromatic carbocycles. The predicted octanol–water partition coefficient (Wildman–Crippen LogP) is 4.78. The molecule has 1 aliphatic rings. The molecule has 1 fully saturated rings. The number of imide groups is 1. The van der Waals surface area contributed by atoms with Crippen molar-refractivity contribution in [1.29, 1.82) is 0 Å². The summed E-state index contributed by atoms with van der Waals surface area (Å²) in [5.41, 5.74) is 1.42. The van der Waals surface area contributed by atoms with Gasteiger partial charge in [0.05, 0.1) is 21.9 Å². The molecule has 4 rings (SSSR count). The summed E-state index contributed by atoms with van der Waals surface area (Å²) in [6.45, 7) is 1.29. The molecule has 0 bridgehead atoms. The number of carboxylic acid groups (broad SMARTS) is 1. The molecule has 2 amide bonds. The summed E-state index contributed by atoms with van der Waals surface area (Å²) in [5, 5.41) is 19.3. The molecule has 3 aromatic rings. The Morgan fingerprint density at radius 2 is 1.77 bits per heavy atom. The Bertz CT molecular complexity index is 1420. The smallest absolute Gasteiger partial charge is 0.335 e. The van der Waals surface area contributed by atoms with Crippen molar-refractivity contribution >= 4 is 46.4 Å². The van der Waals surface area contributed by atoms with Crippen LogP contribution in [0, 0.1) is 17.0 Å². The molecule has 0 radical (unpaired) electrons. The molecule has 0 spiro atoms. The van der Waals surface area contributed by atoms with Crippen molar-refractivity contribution in [2.75, 3.05) is 6.54 Å². The average molecular weight is 492 g/mol. The highest BCUT2D eigenvalue weighted by molar-refractivity contribution is 8.18. The van der Waals surface area contributed by atoms with Gasteiger partial charge >= 0.3 is 5.97 Å². The second-order valence-corrected chi connectivity index (χ2v) is 8.53. The van der Waals surface area contributed by atoms with Crippen LogP contribution in [-0.2, 0) is 4.79 Å².